The van der Waals surface area contributed by atoms with Crippen molar-refractivity contribution >= 4 is 17.2 Å². The van der Waals surface area contributed by atoms with Crippen molar-refractivity contribution in [3.8, 4) is 5.75 Å². The van der Waals surface area contributed by atoms with Crippen molar-refractivity contribution in [2.24, 2.45) is 0 Å². The Labute approximate surface area is 153 Å². The molecule has 0 fully saturated rings. The third kappa shape index (κ3) is 3.89. The SMILES string of the molecule is CCOc1ccc(NC(=O)c2c(CC)nc3ccc(C(F)(F)F)cn23)cc1. The van der Waals surface area contributed by atoms with Gasteiger partial charge < -0.3 is 10.1 Å². The number of benzene rings is 1. The molecule has 8 heteroatoms. The highest BCUT2D eigenvalue weighted by Gasteiger charge is 2.31. The maximum atomic E-state index is 13.0. The van der Waals surface area contributed by atoms with Crippen LogP contribution in [0.2, 0.25) is 0 Å². The molecular weight excluding hydrogens is 359 g/mol. The molecular formula is C19H18F3N3O2. The van der Waals surface area contributed by atoms with Crippen LogP contribution in [0.15, 0.2) is 42.6 Å². The number of carbonyl (C=O) groups is 1. The number of imidazole rings is 1. The van der Waals surface area contributed by atoms with Gasteiger partial charge in [0.05, 0.1) is 17.9 Å². The van der Waals surface area contributed by atoms with Crippen molar-refractivity contribution in [3.05, 3.63) is 59.5 Å². The highest BCUT2D eigenvalue weighted by atomic mass is 19.4. The first kappa shape index (κ1) is 18.8. The lowest BCUT2D eigenvalue weighted by atomic mass is 10.2. The summed E-state index contributed by atoms with van der Waals surface area (Å²) >= 11 is 0. The number of pyridine rings is 1. The van der Waals surface area contributed by atoms with Crippen LogP contribution in [0.1, 0.15) is 35.6 Å². The van der Waals surface area contributed by atoms with Crippen LogP contribution in [0.3, 0.4) is 0 Å². The molecule has 27 heavy (non-hydrogen) atoms. The number of hydrogen-bond donors (Lipinski definition) is 1. The van der Waals surface area contributed by atoms with Crippen LogP contribution in [0.4, 0.5) is 18.9 Å². The summed E-state index contributed by atoms with van der Waals surface area (Å²) in [4.78, 5) is 17.0. The Morgan fingerprint density at radius 3 is 2.44 bits per heavy atom. The number of halogens is 3. The quantitative estimate of drug-likeness (QED) is 0.709. The van der Waals surface area contributed by atoms with E-state index in [0.717, 1.165) is 12.3 Å². The predicted molar refractivity (Wildman–Crippen MR) is 95.1 cm³/mol. The van der Waals surface area contributed by atoms with Gasteiger partial charge in [-0.25, -0.2) is 4.98 Å². The number of nitrogens with one attached hydrogen (secondary N) is 1. The van der Waals surface area contributed by atoms with E-state index in [-0.39, 0.29) is 11.3 Å². The van der Waals surface area contributed by atoms with Crippen molar-refractivity contribution < 1.29 is 22.7 Å². The van der Waals surface area contributed by atoms with E-state index in [1.54, 1.807) is 31.2 Å². The molecule has 1 amide bonds. The van der Waals surface area contributed by atoms with E-state index in [0.29, 0.717) is 30.2 Å². The van der Waals surface area contributed by atoms with Gasteiger partial charge in [-0.2, -0.15) is 13.2 Å². The molecule has 0 spiro atoms. The Kier molecular flexibility index (Phi) is 5.07. The molecule has 1 N–H and O–H groups in total. The van der Waals surface area contributed by atoms with Gasteiger partial charge in [-0.15, -0.1) is 0 Å². The summed E-state index contributed by atoms with van der Waals surface area (Å²) in [5.41, 5.74) is 0.472. The number of rotatable bonds is 5. The van der Waals surface area contributed by atoms with Crippen molar-refractivity contribution in [2.75, 3.05) is 11.9 Å². The molecule has 0 aliphatic rings. The standard InChI is InChI=1S/C19H18F3N3O2/c1-3-15-17(18(26)23-13-6-8-14(9-7-13)27-4-2)25-11-12(19(20,21)22)5-10-16(25)24-15/h5-11H,3-4H2,1-2H3,(H,23,26). The van der Waals surface area contributed by atoms with Gasteiger partial charge >= 0.3 is 6.18 Å². The molecule has 1 aromatic carbocycles. The lowest BCUT2D eigenvalue weighted by Gasteiger charge is -2.10. The summed E-state index contributed by atoms with van der Waals surface area (Å²) in [5.74, 6) is 0.136. The molecule has 0 saturated heterocycles. The molecule has 142 valence electrons. The Hall–Kier alpha value is -3.03. The number of aromatic nitrogens is 2. The largest absolute Gasteiger partial charge is 0.494 e. The average Bonchev–Trinajstić information content (AvgIpc) is 3.00. The van der Waals surface area contributed by atoms with Gasteiger partial charge in [0, 0.05) is 11.9 Å². The van der Waals surface area contributed by atoms with Crippen LogP contribution in [-0.2, 0) is 12.6 Å². The summed E-state index contributed by atoms with van der Waals surface area (Å²) in [6.07, 6.45) is -3.20. The lowest BCUT2D eigenvalue weighted by molar-refractivity contribution is -0.137. The number of fused-ring (bicyclic) bond motifs is 1. The summed E-state index contributed by atoms with van der Waals surface area (Å²) in [6.45, 7) is 4.18. The molecule has 3 rings (SSSR count). The van der Waals surface area contributed by atoms with Crippen LogP contribution in [0.5, 0.6) is 5.75 Å². The molecule has 5 nitrogen and oxygen atoms in total. The molecule has 2 aromatic heterocycles. The first-order valence-corrected chi connectivity index (χ1v) is 8.45. The highest BCUT2D eigenvalue weighted by molar-refractivity contribution is 6.04. The van der Waals surface area contributed by atoms with Gasteiger partial charge in [0.25, 0.3) is 5.91 Å². The van der Waals surface area contributed by atoms with E-state index in [1.807, 2.05) is 6.92 Å². The van der Waals surface area contributed by atoms with Crippen LogP contribution >= 0.6 is 0 Å². The fourth-order valence-electron chi connectivity index (χ4n) is 2.74. The predicted octanol–water partition coefficient (Wildman–Crippen LogP) is 4.57. The molecule has 0 aliphatic heterocycles. The number of amides is 1. The first-order valence-electron chi connectivity index (χ1n) is 8.45. The maximum absolute atomic E-state index is 13.0. The minimum atomic E-state index is -4.51. The second kappa shape index (κ2) is 7.30. The second-order valence-electron chi connectivity index (χ2n) is 5.82. The second-order valence-corrected chi connectivity index (χ2v) is 5.82. The molecule has 0 atom stereocenters. The minimum absolute atomic E-state index is 0.0903. The zero-order chi connectivity index (χ0) is 19.6. The first-order chi connectivity index (χ1) is 12.8. The van der Waals surface area contributed by atoms with Crippen LogP contribution in [0.25, 0.3) is 5.65 Å². The van der Waals surface area contributed by atoms with Crippen molar-refractivity contribution in [1.29, 1.82) is 0 Å². The van der Waals surface area contributed by atoms with E-state index in [1.165, 1.54) is 10.5 Å². The zero-order valence-electron chi connectivity index (χ0n) is 14.8. The summed E-state index contributed by atoms with van der Waals surface area (Å²) in [5, 5.41) is 2.70. The lowest BCUT2D eigenvalue weighted by Crippen LogP contribution is -2.17. The fraction of sp³-hybridized carbons (Fsp3) is 0.263. The number of nitrogens with zero attached hydrogens (tertiary/aromatic N) is 2. The molecule has 0 aliphatic carbocycles. The minimum Gasteiger partial charge on any atom is -0.494 e. The van der Waals surface area contributed by atoms with Crippen molar-refractivity contribution in [3.63, 3.8) is 0 Å². The molecule has 0 saturated carbocycles. The number of alkyl halides is 3. The average molecular weight is 377 g/mol. The summed E-state index contributed by atoms with van der Waals surface area (Å²) in [6, 6.07) is 8.95. The smallest absolute Gasteiger partial charge is 0.417 e. The third-order valence-electron chi connectivity index (χ3n) is 3.99. The van der Waals surface area contributed by atoms with Crippen molar-refractivity contribution in [1.82, 2.24) is 9.38 Å². The highest BCUT2D eigenvalue weighted by Crippen LogP contribution is 2.30. The van der Waals surface area contributed by atoms with Gasteiger partial charge in [0.2, 0.25) is 0 Å². The monoisotopic (exact) mass is 377 g/mol. The summed E-state index contributed by atoms with van der Waals surface area (Å²) in [7, 11) is 0. The zero-order valence-corrected chi connectivity index (χ0v) is 14.8. The topological polar surface area (TPSA) is 55.6 Å². The van der Waals surface area contributed by atoms with Gasteiger partial charge in [0.15, 0.2) is 0 Å². The van der Waals surface area contributed by atoms with Crippen LogP contribution < -0.4 is 10.1 Å². The molecule has 2 heterocycles. The maximum Gasteiger partial charge on any atom is 0.417 e. The Balaban J connectivity index is 1.97. The van der Waals surface area contributed by atoms with Crippen LogP contribution in [0, 0.1) is 0 Å². The molecule has 0 unspecified atom stereocenters. The molecule has 3 aromatic rings. The Morgan fingerprint density at radius 2 is 1.85 bits per heavy atom. The van der Waals surface area contributed by atoms with E-state index >= 15 is 0 Å². The normalized spacial score (nSPS) is 11.6. The van der Waals surface area contributed by atoms with Crippen molar-refractivity contribution in [2.45, 2.75) is 26.4 Å². The number of hydrogen-bond acceptors (Lipinski definition) is 3. The van der Waals surface area contributed by atoms with E-state index in [2.05, 4.69) is 10.3 Å². The van der Waals surface area contributed by atoms with Gasteiger partial charge in [0.1, 0.15) is 17.1 Å². The van der Waals surface area contributed by atoms with E-state index in [9.17, 15) is 18.0 Å². The summed E-state index contributed by atoms with van der Waals surface area (Å²) < 4.78 is 45.6. The van der Waals surface area contributed by atoms with Gasteiger partial charge in [-0.3, -0.25) is 9.20 Å². The Morgan fingerprint density at radius 1 is 1.15 bits per heavy atom. The van der Waals surface area contributed by atoms with E-state index in [4.69, 9.17) is 4.74 Å². The number of carbonyl (C=O) groups excluding carboxylic acids is 1. The van der Waals surface area contributed by atoms with Gasteiger partial charge in [-0.1, -0.05) is 6.92 Å². The van der Waals surface area contributed by atoms with E-state index < -0.39 is 17.6 Å². The number of anilines is 1. The number of ether oxygens (including phenoxy) is 1. The fourth-order valence-corrected chi connectivity index (χ4v) is 2.74. The third-order valence-corrected chi connectivity index (χ3v) is 3.99. The van der Waals surface area contributed by atoms with Gasteiger partial charge in [-0.05, 0) is 49.7 Å². The molecule has 0 bridgehead atoms. The van der Waals surface area contributed by atoms with Crippen LogP contribution in [-0.4, -0.2) is 21.9 Å². The number of aryl methyl sites for hydroxylation is 1. The Bertz CT molecular complexity index is 963. The molecule has 0 radical (unpaired) electrons.